The first-order valence-corrected chi connectivity index (χ1v) is 10.1. The number of amides is 2. The molecule has 0 spiro atoms. The van der Waals surface area contributed by atoms with Crippen molar-refractivity contribution in [3.8, 4) is 28.7 Å². The van der Waals surface area contributed by atoms with E-state index in [0.29, 0.717) is 48.6 Å². The monoisotopic (exact) mass is 430 g/mol. The molecule has 0 saturated carbocycles. The molecule has 31 heavy (non-hydrogen) atoms. The SMILES string of the molecule is CCOc1cc(C(=O)NNC(=O)C2COc3ccccc3O2)cc(OCC)c1OCC. The molecule has 9 heteroatoms. The van der Waals surface area contributed by atoms with Crippen LogP contribution in [0.4, 0.5) is 0 Å². The van der Waals surface area contributed by atoms with Crippen LogP contribution in [-0.2, 0) is 4.79 Å². The second kappa shape index (κ2) is 10.4. The fourth-order valence-electron chi connectivity index (χ4n) is 2.94. The van der Waals surface area contributed by atoms with Crippen LogP contribution in [0.3, 0.4) is 0 Å². The molecule has 2 aromatic carbocycles. The zero-order chi connectivity index (χ0) is 22.2. The topological polar surface area (TPSA) is 104 Å². The van der Waals surface area contributed by atoms with Crippen molar-refractivity contribution in [1.82, 2.24) is 10.9 Å². The van der Waals surface area contributed by atoms with E-state index in [1.54, 1.807) is 18.2 Å². The average Bonchev–Trinajstić information content (AvgIpc) is 2.79. The zero-order valence-corrected chi connectivity index (χ0v) is 17.7. The Morgan fingerprint density at radius 2 is 1.55 bits per heavy atom. The van der Waals surface area contributed by atoms with Crippen molar-refractivity contribution >= 4 is 11.8 Å². The standard InChI is InChI=1S/C22H26N2O7/c1-4-27-17-11-14(12-18(28-5-2)20(17)29-6-3)21(25)23-24-22(26)19-13-30-15-9-7-8-10-16(15)31-19/h7-12,19H,4-6,13H2,1-3H3,(H,23,25)(H,24,26). The van der Waals surface area contributed by atoms with Crippen LogP contribution in [0.1, 0.15) is 31.1 Å². The van der Waals surface area contributed by atoms with Gasteiger partial charge in [-0.15, -0.1) is 0 Å². The normalized spacial score (nSPS) is 14.4. The number of carbonyl (C=O) groups excluding carboxylic acids is 2. The predicted molar refractivity (Wildman–Crippen MR) is 112 cm³/mol. The maximum absolute atomic E-state index is 12.7. The second-order valence-electron chi connectivity index (χ2n) is 6.41. The molecule has 1 atom stereocenters. The zero-order valence-electron chi connectivity index (χ0n) is 17.7. The molecule has 1 aliphatic rings. The number of carbonyl (C=O) groups is 2. The van der Waals surface area contributed by atoms with Gasteiger partial charge >= 0.3 is 0 Å². The summed E-state index contributed by atoms with van der Waals surface area (Å²) in [6.45, 7) is 6.71. The van der Waals surface area contributed by atoms with Crippen LogP contribution < -0.4 is 34.5 Å². The lowest BCUT2D eigenvalue weighted by Gasteiger charge is -2.25. The molecule has 3 rings (SSSR count). The van der Waals surface area contributed by atoms with E-state index in [4.69, 9.17) is 23.7 Å². The lowest BCUT2D eigenvalue weighted by atomic mass is 10.1. The van der Waals surface area contributed by atoms with E-state index in [0.717, 1.165) is 0 Å². The summed E-state index contributed by atoms with van der Waals surface area (Å²) in [5.41, 5.74) is 4.99. The van der Waals surface area contributed by atoms with Gasteiger partial charge in [0.2, 0.25) is 11.9 Å². The third-order valence-electron chi connectivity index (χ3n) is 4.27. The molecule has 166 valence electrons. The molecule has 2 N–H and O–H groups in total. The van der Waals surface area contributed by atoms with Gasteiger partial charge in [0, 0.05) is 5.56 Å². The van der Waals surface area contributed by atoms with Crippen LogP contribution in [0.5, 0.6) is 28.7 Å². The minimum atomic E-state index is -0.895. The van der Waals surface area contributed by atoms with Crippen molar-refractivity contribution in [2.24, 2.45) is 0 Å². The highest BCUT2D eigenvalue weighted by Crippen LogP contribution is 2.39. The largest absolute Gasteiger partial charge is 0.490 e. The van der Waals surface area contributed by atoms with Crippen molar-refractivity contribution in [1.29, 1.82) is 0 Å². The molecule has 0 fully saturated rings. The summed E-state index contributed by atoms with van der Waals surface area (Å²) in [5.74, 6) is 1.14. The predicted octanol–water partition coefficient (Wildman–Crippen LogP) is 2.48. The fourth-order valence-corrected chi connectivity index (χ4v) is 2.94. The molecule has 1 aliphatic heterocycles. The summed E-state index contributed by atoms with van der Waals surface area (Å²) in [6.07, 6.45) is -0.895. The lowest BCUT2D eigenvalue weighted by molar-refractivity contribution is -0.131. The summed E-state index contributed by atoms with van der Waals surface area (Å²) in [6, 6.07) is 10.1. The van der Waals surface area contributed by atoms with E-state index in [2.05, 4.69) is 10.9 Å². The number of benzene rings is 2. The second-order valence-corrected chi connectivity index (χ2v) is 6.41. The molecule has 2 aromatic rings. The van der Waals surface area contributed by atoms with E-state index in [-0.39, 0.29) is 12.2 Å². The van der Waals surface area contributed by atoms with Gasteiger partial charge in [-0.25, -0.2) is 0 Å². The van der Waals surface area contributed by atoms with Crippen LogP contribution in [0, 0.1) is 0 Å². The van der Waals surface area contributed by atoms with Gasteiger partial charge in [0.15, 0.2) is 23.0 Å². The van der Waals surface area contributed by atoms with Crippen LogP contribution in [0.2, 0.25) is 0 Å². The molecule has 1 heterocycles. The average molecular weight is 430 g/mol. The van der Waals surface area contributed by atoms with Crippen molar-refractivity contribution in [3.05, 3.63) is 42.0 Å². The van der Waals surface area contributed by atoms with E-state index in [9.17, 15) is 9.59 Å². The van der Waals surface area contributed by atoms with E-state index in [1.165, 1.54) is 12.1 Å². The molecule has 1 unspecified atom stereocenters. The maximum atomic E-state index is 12.7. The van der Waals surface area contributed by atoms with Gasteiger partial charge in [0.1, 0.15) is 6.61 Å². The van der Waals surface area contributed by atoms with Crippen LogP contribution in [0.15, 0.2) is 36.4 Å². The number of hydrogen-bond acceptors (Lipinski definition) is 7. The van der Waals surface area contributed by atoms with Gasteiger partial charge < -0.3 is 23.7 Å². The fraction of sp³-hybridized carbons (Fsp3) is 0.364. The van der Waals surface area contributed by atoms with Gasteiger partial charge in [-0.3, -0.25) is 20.4 Å². The summed E-state index contributed by atoms with van der Waals surface area (Å²) in [5, 5.41) is 0. The third-order valence-corrected chi connectivity index (χ3v) is 4.27. The number of fused-ring (bicyclic) bond motifs is 1. The Labute approximate surface area is 180 Å². The number of hydrazine groups is 1. The number of rotatable bonds is 8. The molecule has 0 bridgehead atoms. The van der Waals surface area contributed by atoms with Crippen LogP contribution >= 0.6 is 0 Å². The quantitative estimate of drug-likeness (QED) is 0.620. The Morgan fingerprint density at radius 1 is 0.935 bits per heavy atom. The summed E-state index contributed by atoms with van der Waals surface area (Å²) < 4.78 is 28.0. The Balaban J connectivity index is 1.69. The van der Waals surface area contributed by atoms with Gasteiger partial charge in [-0.1, -0.05) is 12.1 Å². The third kappa shape index (κ3) is 5.30. The Morgan fingerprint density at radius 3 is 2.16 bits per heavy atom. The summed E-state index contributed by atoms with van der Waals surface area (Å²) in [4.78, 5) is 25.1. The van der Waals surface area contributed by atoms with Gasteiger partial charge in [0.25, 0.3) is 11.8 Å². The first kappa shape index (κ1) is 22.1. The van der Waals surface area contributed by atoms with Crippen molar-refractivity contribution in [2.45, 2.75) is 26.9 Å². The van der Waals surface area contributed by atoms with Gasteiger partial charge in [-0.2, -0.15) is 0 Å². The van der Waals surface area contributed by atoms with Gasteiger partial charge in [0.05, 0.1) is 19.8 Å². The molecule has 0 saturated heterocycles. The first-order chi connectivity index (χ1) is 15.1. The highest BCUT2D eigenvalue weighted by Gasteiger charge is 2.28. The molecular weight excluding hydrogens is 404 g/mol. The van der Waals surface area contributed by atoms with Crippen molar-refractivity contribution in [3.63, 3.8) is 0 Å². The Bertz CT molecular complexity index is 905. The summed E-state index contributed by atoms with van der Waals surface area (Å²) >= 11 is 0. The Kier molecular flexibility index (Phi) is 7.42. The van der Waals surface area contributed by atoms with E-state index in [1.807, 2.05) is 26.8 Å². The molecule has 0 aromatic heterocycles. The van der Waals surface area contributed by atoms with E-state index >= 15 is 0 Å². The lowest BCUT2D eigenvalue weighted by Crippen LogP contribution is -2.50. The first-order valence-electron chi connectivity index (χ1n) is 10.1. The number of nitrogens with one attached hydrogen (secondary N) is 2. The smallest absolute Gasteiger partial charge is 0.283 e. The Hall–Kier alpha value is -3.62. The van der Waals surface area contributed by atoms with Crippen molar-refractivity contribution < 1.29 is 33.3 Å². The minimum Gasteiger partial charge on any atom is -0.490 e. The van der Waals surface area contributed by atoms with Crippen LogP contribution in [-0.4, -0.2) is 44.3 Å². The molecular formula is C22H26N2O7. The molecule has 0 radical (unpaired) electrons. The minimum absolute atomic E-state index is 0.0325. The summed E-state index contributed by atoms with van der Waals surface area (Å²) in [7, 11) is 0. The maximum Gasteiger partial charge on any atom is 0.283 e. The highest BCUT2D eigenvalue weighted by molar-refractivity contribution is 5.97. The van der Waals surface area contributed by atoms with Crippen LogP contribution in [0.25, 0.3) is 0 Å². The van der Waals surface area contributed by atoms with E-state index < -0.39 is 17.9 Å². The molecule has 0 aliphatic carbocycles. The number of para-hydroxylation sites is 2. The van der Waals surface area contributed by atoms with Crippen molar-refractivity contribution in [2.75, 3.05) is 26.4 Å². The molecule has 2 amide bonds. The highest BCUT2D eigenvalue weighted by atomic mass is 16.6. The molecule has 9 nitrogen and oxygen atoms in total. The number of hydrogen-bond donors (Lipinski definition) is 2. The number of ether oxygens (including phenoxy) is 5. The van der Waals surface area contributed by atoms with Gasteiger partial charge in [-0.05, 0) is 45.0 Å².